The van der Waals surface area contributed by atoms with Gasteiger partial charge in [0.1, 0.15) is 11.8 Å². The van der Waals surface area contributed by atoms with E-state index >= 15 is 0 Å². The molecule has 0 unspecified atom stereocenters. The van der Waals surface area contributed by atoms with Crippen LogP contribution in [0.1, 0.15) is 33.5 Å². The SMILES string of the molecule is COc1ccc(-c2ccc(C(=O)N[C@@H](CC(=O)N(C)C)C(=O)O)c(NC(=O)Nc3c(C)cc(C)cc3C)c2)cc1. The van der Waals surface area contributed by atoms with Crippen LogP contribution in [-0.4, -0.2) is 61.1 Å². The van der Waals surface area contributed by atoms with Gasteiger partial charge in [0.05, 0.1) is 24.8 Å². The number of carbonyl (C=O) groups excluding carboxylic acids is 3. The minimum atomic E-state index is -1.46. The Hall–Kier alpha value is -4.86. The summed E-state index contributed by atoms with van der Waals surface area (Å²) in [5.74, 6) is -1.88. The summed E-state index contributed by atoms with van der Waals surface area (Å²) in [4.78, 5) is 51.5. The second-order valence-electron chi connectivity index (χ2n) is 9.70. The Morgan fingerprint density at radius 2 is 1.48 bits per heavy atom. The van der Waals surface area contributed by atoms with Crippen LogP contribution in [-0.2, 0) is 9.59 Å². The van der Waals surface area contributed by atoms with Gasteiger partial charge in [0.25, 0.3) is 5.91 Å². The molecule has 0 fully saturated rings. The molecule has 3 aromatic carbocycles. The second kappa shape index (κ2) is 12.8. The molecule has 0 aromatic heterocycles. The molecule has 0 aliphatic heterocycles. The van der Waals surface area contributed by atoms with E-state index in [0.717, 1.165) is 22.3 Å². The molecule has 0 spiro atoms. The van der Waals surface area contributed by atoms with E-state index in [4.69, 9.17) is 4.74 Å². The topological polar surface area (TPSA) is 137 Å². The predicted octanol–water partition coefficient (Wildman–Crippen LogP) is 4.59. The largest absolute Gasteiger partial charge is 0.497 e. The van der Waals surface area contributed by atoms with Gasteiger partial charge in [-0.1, -0.05) is 35.9 Å². The van der Waals surface area contributed by atoms with Crippen molar-refractivity contribution in [3.63, 3.8) is 0 Å². The van der Waals surface area contributed by atoms with Crippen molar-refractivity contribution in [3.8, 4) is 16.9 Å². The van der Waals surface area contributed by atoms with Gasteiger partial charge in [-0.05, 0) is 67.3 Å². The molecule has 0 aliphatic carbocycles. The summed E-state index contributed by atoms with van der Waals surface area (Å²) in [6.45, 7) is 5.75. The highest BCUT2D eigenvalue weighted by Crippen LogP contribution is 2.28. The molecule has 0 heterocycles. The predicted molar refractivity (Wildman–Crippen MR) is 154 cm³/mol. The zero-order valence-corrected chi connectivity index (χ0v) is 23.4. The average Bonchev–Trinajstić information content (AvgIpc) is 2.90. The number of nitrogens with one attached hydrogen (secondary N) is 3. The molecular formula is C30H34N4O6. The highest BCUT2D eigenvalue weighted by Gasteiger charge is 2.26. The number of ether oxygens (including phenoxy) is 1. The van der Waals surface area contributed by atoms with Gasteiger partial charge in [-0.3, -0.25) is 9.59 Å². The number of urea groups is 1. The molecule has 210 valence electrons. The molecule has 40 heavy (non-hydrogen) atoms. The molecule has 10 nitrogen and oxygen atoms in total. The summed E-state index contributed by atoms with van der Waals surface area (Å²) < 4.78 is 5.22. The molecule has 0 bridgehead atoms. The van der Waals surface area contributed by atoms with Crippen LogP contribution in [0.2, 0.25) is 0 Å². The Labute approximate surface area is 233 Å². The van der Waals surface area contributed by atoms with Crippen LogP contribution in [0.4, 0.5) is 16.2 Å². The number of carbonyl (C=O) groups is 4. The smallest absolute Gasteiger partial charge is 0.326 e. The van der Waals surface area contributed by atoms with Crippen LogP contribution in [0, 0.1) is 20.8 Å². The number of aliphatic carboxylic acids is 1. The standard InChI is InChI=1S/C30H34N4O6/c1-17-13-18(2)27(19(3)14-17)33-30(39)32-24-15-21(20-7-10-22(40-6)11-8-20)9-12-23(24)28(36)31-25(29(37)38)16-26(35)34(4)5/h7-15,25H,16H2,1-6H3,(H,31,36)(H,37,38)(H2,32,33,39)/t25-/m0/s1. The van der Waals surface area contributed by atoms with Gasteiger partial charge >= 0.3 is 12.0 Å². The van der Waals surface area contributed by atoms with Crippen molar-refractivity contribution in [2.75, 3.05) is 31.8 Å². The number of amides is 4. The number of benzene rings is 3. The first-order valence-corrected chi connectivity index (χ1v) is 12.6. The van der Waals surface area contributed by atoms with Crippen molar-refractivity contribution in [3.05, 3.63) is 76.9 Å². The maximum atomic E-state index is 13.3. The van der Waals surface area contributed by atoms with Gasteiger partial charge in [-0.15, -0.1) is 0 Å². The highest BCUT2D eigenvalue weighted by molar-refractivity contribution is 6.08. The zero-order valence-electron chi connectivity index (χ0n) is 23.4. The van der Waals surface area contributed by atoms with Crippen molar-refractivity contribution in [1.82, 2.24) is 10.2 Å². The number of carboxylic acid groups (broad SMARTS) is 1. The molecule has 3 rings (SSSR count). The molecule has 0 saturated carbocycles. The van der Waals surface area contributed by atoms with E-state index in [1.165, 1.54) is 25.1 Å². The lowest BCUT2D eigenvalue weighted by Gasteiger charge is -2.19. The number of carboxylic acids is 1. The Kier molecular flexibility index (Phi) is 9.50. The number of rotatable bonds is 9. The molecule has 3 aromatic rings. The molecular weight excluding hydrogens is 512 g/mol. The molecule has 4 amide bonds. The number of anilines is 2. The monoisotopic (exact) mass is 546 g/mol. The van der Waals surface area contributed by atoms with Gasteiger partial charge < -0.3 is 30.7 Å². The van der Waals surface area contributed by atoms with Crippen LogP contribution in [0.25, 0.3) is 11.1 Å². The van der Waals surface area contributed by atoms with Gasteiger partial charge in [-0.25, -0.2) is 9.59 Å². The third-order valence-electron chi connectivity index (χ3n) is 6.33. The summed E-state index contributed by atoms with van der Waals surface area (Å²) in [5, 5.41) is 17.6. The van der Waals surface area contributed by atoms with Crippen molar-refractivity contribution >= 4 is 35.2 Å². The Balaban J connectivity index is 1.96. The Bertz CT molecular complexity index is 1410. The summed E-state index contributed by atoms with van der Waals surface area (Å²) in [5.41, 5.74) is 5.18. The normalized spacial score (nSPS) is 11.2. The summed E-state index contributed by atoms with van der Waals surface area (Å²) in [6.07, 6.45) is -0.423. The first-order chi connectivity index (χ1) is 18.9. The van der Waals surface area contributed by atoms with Gasteiger partial charge in [0.2, 0.25) is 5.91 Å². The number of hydrogen-bond acceptors (Lipinski definition) is 5. The van der Waals surface area contributed by atoms with Gasteiger partial charge in [-0.2, -0.15) is 0 Å². The number of hydrogen-bond donors (Lipinski definition) is 4. The maximum Gasteiger partial charge on any atom is 0.326 e. The summed E-state index contributed by atoms with van der Waals surface area (Å²) >= 11 is 0. The van der Waals surface area contributed by atoms with Crippen molar-refractivity contribution < 1.29 is 29.0 Å². The molecule has 10 heteroatoms. The first kappa shape index (κ1) is 29.7. The fourth-order valence-corrected chi connectivity index (χ4v) is 4.25. The van der Waals surface area contributed by atoms with E-state index in [1.807, 2.05) is 45.0 Å². The van der Waals surface area contributed by atoms with E-state index in [0.29, 0.717) is 17.0 Å². The van der Waals surface area contributed by atoms with Crippen molar-refractivity contribution in [1.29, 1.82) is 0 Å². The Morgan fingerprint density at radius 3 is 2.02 bits per heavy atom. The minimum Gasteiger partial charge on any atom is -0.497 e. The van der Waals surface area contributed by atoms with E-state index in [9.17, 15) is 24.3 Å². The molecule has 0 saturated heterocycles. The van der Waals surface area contributed by atoms with Gasteiger partial charge in [0.15, 0.2) is 0 Å². The van der Waals surface area contributed by atoms with Crippen LogP contribution >= 0.6 is 0 Å². The van der Waals surface area contributed by atoms with Crippen molar-refractivity contribution in [2.45, 2.75) is 33.2 Å². The second-order valence-corrected chi connectivity index (χ2v) is 9.70. The van der Waals surface area contributed by atoms with E-state index in [1.54, 1.807) is 31.4 Å². The highest BCUT2D eigenvalue weighted by atomic mass is 16.5. The molecule has 0 radical (unpaired) electrons. The van der Waals surface area contributed by atoms with E-state index in [2.05, 4.69) is 16.0 Å². The quantitative estimate of drug-likeness (QED) is 0.310. The van der Waals surface area contributed by atoms with Crippen LogP contribution in [0.5, 0.6) is 5.75 Å². The number of aryl methyl sites for hydroxylation is 3. The molecule has 1 atom stereocenters. The van der Waals surface area contributed by atoms with Gasteiger partial charge in [0, 0.05) is 19.8 Å². The van der Waals surface area contributed by atoms with Crippen LogP contribution in [0.15, 0.2) is 54.6 Å². The lowest BCUT2D eigenvalue weighted by Crippen LogP contribution is -2.44. The molecule has 4 N–H and O–H groups in total. The minimum absolute atomic E-state index is 0.0355. The summed E-state index contributed by atoms with van der Waals surface area (Å²) in [6, 6.07) is 13.9. The lowest BCUT2D eigenvalue weighted by atomic mass is 10.0. The molecule has 0 aliphatic rings. The van der Waals surface area contributed by atoms with E-state index in [-0.39, 0.29) is 11.3 Å². The zero-order chi connectivity index (χ0) is 29.6. The number of methoxy groups -OCH3 is 1. The third-order valence-corrected chi connectivity index (χ3v) is 6.33. The van der Waals surface area contributed by atoms with Crippen molar-refractivity contribution in [2.24, 2.45) is 0 Å². The summed E-state index contributed by atoms with van der Waals surface area (Å²) in [7, 11) is 4.56. The van der Waals surface area contributed by atoms with Crippen LogP contribution in [0.3, 0.4) is 0 Å². The lowest BCUT2D eigenvalue weighted by molar-refractivity contribution is -0.142. The van der Waals surface area contributed by atoms with E-state index < -0.39 is 36.3 Å². The number of nitrogens with zero attached hydrogens (tertiary/aromatic N) is 1. The average molecular weight is 547 g/mol. The third kappa shape index (κ3) is 7.37. The fraction of sp³-hybridized carbons (Fsp3) is 0.267. The first-order valence-electron chi connectivity index (χ1n) is 12.6. The van der Waals surface area contributed by atoms with Crippen LogP contribution < -0.4 is 20.7 Å². The Morgan fingerprint density at radius 1 is 0.875 bits per heavy atom. The maximum absolute atomic E-state index is 13.3. The fourth-order valence-electron chi connectivity index (χ4n) is 4.25.